The number of anilines is 1. The minimum atomic E-state index is -1.25. The molecule has 7 aromatic rings. The first-order valence-electron chi connectivity index (χ1n) is 16.2. The van der Waals surface area contributed by atoms with E-state index in [4.69, 9.17) is 9.82 Å². The number of hydrogen-bond acceptors (Lipinski definition) is 6. The third kappa shape index (κ3) is 6.67. The van der Waals surface area contributed by atoms with Crippen molar-refractivity contribution in [1.29, 1.82) is 0 Å². The number of rotatable bonds is 12. The van der Waals surface area contributed by atoms with Crippen LogP contribution < -0.4 is 10.2 Å². The molecule has 1 heterocycles. The molecule has 0 aliphatic heterocycles. The molecule has 6 aromatic carbocycles. The highest BCUT2D eigenvalue weighted by atomic mass is 32.1. The standard InChI is InChI=1S/C43H33N3O3S/c47-41(48)40(46-49-38-29-17-16-28-36(38)39(31-18-6-1-7-19-31)32-20-8-2-9-21-32)37-30-50-42(44-37)45-43(33-22-10-3-11-23-33,34-24-12-4-13-25-34)35-26-14-5-15-27-35/h1-30,39H,(H,44,45)(H,47,48). The zero-order valence-corrected chi connectivity index (χ0v) is 27.8. The molecule has 0 fully saturated rings. The average Bonchev–Trinajstić information content (AvgIpc) is 3.64. The Bertz CT molecular complexity index is 2050. The summed E-state index contributed by atoms with van der Waals surface area (Å²) in [4.78, 5) is 23.5. The van der Waals surface area contributed by atoms with Crippen molar-refractivity contribution in [3.05, 3.63) is 220 Å². The molecule has 0 radical (unpaired) electrons. The van der Waals surface area contributed by atoms with E-state index >= 15 is 0 Å². The summed E-state index contributed by atoms with van der Waals surface area (Å²) in [7, 11) is 0. The molecule has 0 aliphatic rings. The molecule has 0 unspecified atom stereocenters. The molecule has 0 saturated heterocycles. The van der Waals surface area contributed by atoms with E-state index in [0.717, 1.165) is 33.4 Å². The number of nitrogens with zero attached hydrogens (tertiary/aromatic N) is 2. The molecule has 0 aliphatic carbocycles. The molecule has 0 atom stereocenters. The average molecular weight is 672 g/mol. The molecule has 0 bridgehead atoms. The van der Waals surface area contributed by atoms with Gasteiger partial charge in [-0.05, 0) is 33.9 Å². The van der Waals surface area contributed by atoms with E-state index in [9.17, 15) is 9.90 Å². The smallest absolute Gasteiger partial charge is 0.360 e. The van der Waals surface area contributed by atoms with Gasteiger partial charge in [-0.15, -0.1) is 11.3 Å². The van der Waals surface area contributed by atoms with Crippen LogP contribution in [0.15, 0.2) is 186 Å². The van der Waals surface area contributed by atoms with Gasteiger partial charge in [-0.25, -0.2) is 9.78 Å². The Kier molecular flexibility index (Phi) is 9.58. The largest absolute Gasteiger partial charge is 0.476 e. The predicted octanol–water partition coefficient (Wildman–Crippen LogP) is 9.59. The van der Waals surface area contributed by atoms with Crippen LogP contribution >= 0.6 is 11.3 Å². The number of carboxylic acids is 1. The van der Waals surface area contributed by atoms with Crippen LogP contribution in [0.4, 0.5) is 5.13 Å². The second-order valence-corrected chi connectivity index (χ2v) is 12.5. The third-order valence-electron chi connectivity index (χ3n) is 8.60. The van der Waals surface area contributed by atoms with Crippen molar-refractivity contribution in [2.45, 2.75) is 11.5 Å². The highest BCUT2D eigenvalue weighted by Crippen LogP contribution is 2.41. The van der Waals surface area contributed by atoms with Crippen molar-refractivity contribution in [3.63, 3.8) is 0 Å². The van der Waals surface area contributed by atoms with Gasteiger partial charge in [0.15, 0.2) is 10.9 Å². The monoisotopic (exact) mass is 671 g/mol. The molecule has 0 spiro atoms. The lowest BCUT2D eigenvalue weighted by molar-refractivity contribution is -0.129. The first-order valence-corrected chi connectivity index (χ1v) is 17.1. The van der Waals surface area contributed by atoms with Gasteiger partial charge < -0.3 is 15.3 Å². The number of thiazole rings is 1. The fraction of sp³-hybridized carbons (Fsp3) is 0.0465. The van der Waals surface area contributed by atoms with Gasteiger partial charge >= 0.3 is 5.97 Å². The molecule has 0 amide bonds. The molecular formula is C43H33N3O3S. The maximum Gasteiger partial charge on any atom is 0.360 e. The number of aromatic nitrogens is 1. The maximum absolute atomic E-state index is 12.7. The summed E-state index contributed by atoms with van der Waals surface area (Å²) in [5.74, 6) is -0.953. The number of nitrogens with one attached hydrogen (secondary N) is 1. The lowest BCUT2D eigenvalue weighted by Crippen LogP contribution is -2.38. The van der Waals surface area contributed by atoms with E-state index in [1.165, 1.54) is 11.3 Å². The second kappa shape index (κ2) is 14.8. The van der Waals surface area contributed by atoms with Crippen molar-refractivity contribution in [1.82, 2.24) is 4.98 Å². The van der Waals surface area contributed by atoms with Crippen LogP contribution in [-0.2, 0) is 10.3 Å². The van der Waals surface area contributed by atoms with Crippen molar-refractivity contribution in [2.75, 3.05) is 5.32 Å². The van der Waals surface area contributed by atoms with Crippen LogP contribution in [0, 0.1) is 0 Å². The fourth-order valence-electron chi connectivity index (χ4n) is 6.32. The van der Waals surface area contributed by atoms with Crippen LogP contribution in [-0.4, -0.2) is 21.8 Å². The summed E-state index contributed by atoms with van der Waals surface area (Å²) >= 11 is 1.31. The number of hydrogen-bond donors (Lipinski definition) is 2. The highest BCUT2D eigenvalue weighted by Gasteiger charge is 2.37. The van der Waals surface area contributed by atoms with Crippen LogP contribution in [0.5, 0.6) is 5.75 Å². The van der Waals surface area contributed by atoms with Crippen LogP contribution in [0.2, 0.25) is 0 Å². The summed E-state index contributed by atoms with van der Waals surface area (Å²) in [5.41, 5.74) is 5.10. The van der Waals surface area contributed by atoms with Crippen LogP contribution in [0.1, 0.15) is 45.0 Å². The summed E-state index contributed by atoms with van der Waals surface area (Å²) in [6.07, 6.45) is 0. The van der Waals surface area contributed by atoms with E-state index in [1.54, 1.807) is 11.4 Å². The predicted molar refractivity (Wildman–Crippen MR) is 200 cm³/mol. The van der Waals surface area contributed by atoms with Gasteiger partial charge in [0, 0.05) is 16.9 Å². The molecule has 0 saturated carbocycles. The SMILES string of the molecule is O=C(O)C(=NOc1ccccc1C(c1ccccc1)c1ccccc1)c1csc(NC(c2ccccc2)(c2ccccc2)c2ccccc2)n1. The molecule has 50 heavy (non-hydrogen) atoms. The van der Waals surface area contributed by atoms with Crippen molar-refractivity contribution >= 4 is 28.1 Å². The second-order valence-electron chi connectivity index (χ2n) is 11.6. The van der Waals surface area contributed by atoms with Crippen molar-refractivity contribution in [3.8, 4) is 5.75 Å². The molecular weight excluding hydrogens is 639 g/mol. The minimum absolute atomic E-state index is 0.158. The zero-order chi connectivity index (χ0) is 34.2. The molecule has 244 valence electrons. The van der Waals surface area contributed by atoms with E-state index in [-0.39, 0.29) is 17.3 Å². The lowest BCUT2D eigenvalue weighted by atomic mass is 9.77. The number of para-hydroxylation sites is 1. The van der Waals surface area contributed by atoms with Crippen molar-refractivity contribution < 1.29 is 14.7 Å². The topological polar surface area (TPSA) is 83.8 Å². The third-order valence-corrected chi connectivity index (χ3v) is 9.35. The molecule has 7 rings (SSSR count). The number of carboxylic acid groups (broad SMARTS) is 1. The zero-order valence-electron chi connectivity index (χ0n) is 27.0. The Morgan fingerprint density at radius 1 is 0.640 bits per heavy atom. The molecule has 1 aromatic heterocycles. The van der Waals surface area contributed by atoms with Gasteiger partial charge in [-0.3, -0.25) is 0 Å². The van der Waals surface area contributed by atoms with Gasteiger partial charge in [-0.2, -0.15) is 0 Å². The van der Waals surface area contributed by atoms with Crippen LogP contribution in [0.25, 0.3) is 0 Å². The first-order chi connectivity index (χ1) is 24.6. The number of carbonyl (C=O) groups is 1. The van der Waals surface area contributed by atoms with Gasteiger partial charge in [0.05, 0.1) is 0 Å². The number of oxime groups is 1. The number of aliphatic carboxylic acids is 1. The highest BCUT2D eigenvalue weighted by molar-refractivity contribution is 7.14. The summed E-state index contributed by atoms with van der Waals surface area (Å²) < 4.78 is 0. The van der Waals surface area contributed by atoms with E-state index in [1.807, 2.05) is 109 Å². The Hall–Kier alpha value is -6.31. The Morgan fingerprint density at radius 2 is 1.08 bits per heavy atom. The van der Waals surface area contributed by atoms with Gasteiger partial charge in [-0.1, -0.05) is 175 Å². The molecule has 2 N–H and O–H groups in total. The van der Waals surface area contributed by atoms with Gasteiger partial charge in [0.2, 0.25) is 5.71 Å². The Labute approximate surface area is 295 Å². The summed E-state index contributed by atoms with van der Waals surface area (Å²) in [6, 6.07) is 58.4. The van der Waals surface area contributed by atoms with E-state index < -0.39 is 11.5 Å². The van der Waals surface area contributed by atoms with Crippen LogP contribution in [0.3, 0.4) is 0 Å². The molecule has 7 heteroatoms. The summed E-state index contributed by atoms with van der Waals surface area (Å²) in [6.45, 7) is 0. The normalized spacial score (nSPS) is 11.7. The Morgan fingerprint density at radius 3 is 1.56 bits per heavy atom. The van der Waals surface area contributed by atoms with Crippen molar-refractivity contribution in [2.24, 2.45) is 5.16 Å². The van der Waals surface area contributed by atoms with E-state index in [2.05, 4.69) is 71.1 Å². The lowest BCUT2D eigenvalue weighted by Gasteiger charge is -2.36. The van der Waals surface area contributed by atoms with Gasteiger partial charge in [0.25, 0.3) is 0 Å². The maximum atomic E-state index is 12.7. The molecule has 6 nitrogen and oxygen atoms in total. The minimum Gasteiger partial charge on any atom is -0.476 e. The number of benzene rings is 6. The Balaban J connectivity index is 1.26. The van der Waals surface area contributed by atoms with E-state index in [0.29, 0.717) is 10.9 Å². The summed E-state index contributed by atoms with van der Waals surface area (Å²) in [5, 5.41) is 20.5. The first kappa shape index (κ1) is 32.2. The quantitative estimate of drug-likeness (QED) is 0.0768. The fourth-order valence-corrected chi connectivity index (χ4v) is 7.07. The van der Waals surface area contributed by atoms with Gasteiger partial charge in [0.1, 0.15) is 11.2 Å².